The van der Waals surface area contributed by atoms with Gasteiger partial charge in [0.1, 0.15) is 6.04 Å². The number of halogens is 2. The van der Waals surface area contributed by atoms with Crippen molar-refractivity contribution in [3.05, 3.63) is 55.6 Å². The van der Waals surface area contributed by atoms with Crippen LogP contribution in [-0.2, 0) is 6.42 Å². The summed E-state index contributed by atoms with van der Waals surface area (Å²) in [5.74, 6) is 0.163. The lowest BCUT2D eigenvalue weighted by Crippen LogP contribution is -2.36. The van der Waals surface area contributed by atoms with Crippen molar-refractivity contribution < 1.29 is 4.79 Å². The zero-order valence-electron chi connectivity index (χ0n) is 10.5. The van der Waals surface area contributed by atoms with Gasteiger partial charge in [0.2, 0.25) is 0 Å². The normalized spacial score (nSPS) is 21.6. The molecule has 98 valence electrons. The number of nitrogens with one attached hydrogen (secondary N) is 1. The highest BCUT2D eigenvalue weighted by atomic mass is 79.9. The van der Waals surface area contributed by atoms with Gasteiger partial charge in [0, 0.05) is 20.7 Å². The van der Waals surface area contributed by atoms with E-state index in [0.717, 1.165) is 38.5 Å². The van der Waals surface area contributed by atoms with E-state index in [1.54, 1.807) is 0 Å². The number of hydrogen-bond acceptors (Lipinski definition) is 2. The topological polar surface area (TPSA) is 29.1 Å². The fraction of sp³-hybridized carbons (Fsp3) is 0.267. The maximum absolute atomic E-state index is 12.7. The van der Waals surface area contributed by atoms with E-state index >= 15 is 0 Å². The Morgan fingerprint density at radius 2 is 2.05 bits per heavy atom. The highest BCUT2D eigenvalue weighted by Gasteiger charge is 2.30. The van der Waals surface area contributed by atoms with Crippen LogP contribution < -0.4 is 5.32 Å². The van der Waals surface area contributed by atoms with Gasteiger partial charge in [-0.25, -0.2) is 0 Å². The van der Waals surface area contributed by atoms with Crippen LogP contribution in [0.2, 0.25) is 0 Å². The molecule has 1 aromatic carbocycles. The van der Waals surface area contributed by atoms with Gasteiger partial charge >= 0.3 is 0 Å². The monoisotopic (exact) mass is 381 g/mol. The van der Waals surface area contributed by atoms with Crippen LogP contribution in [0.4, 0.5) is 0 Å². The highest BCUT2D eigenvalue weighted by molar-refractivity contribution is 9.12. The second-order valence-corrected chi connectivity index (χ2v) is 6.64. The van der Waals surface area contributed by atoms with Crippen molar-refractivity contribution in [1.82, 2.24) is 5.32 Å². The smallest absolute Gasteiger partial charge is 0.189 e. The van der Waals surface area contributed by atoms with Crippen molar-refractivity contribution >= 4 is 37.6 Å². The van der Waals surface area contributed by atoms with Gasteiger partial charge in [-0.1, -0.05) is 28.1 Å². The molecule has 3 rings (SSSR count). The molecule has 1 aromatic rings. The van der Waals surface area contributed by atoms with Gasteiger partial charge in [0.15, 0.2) is 5.78 Å². The quantitative estimate of drug-likeness (QED) is 0.734. The van der Waals surface area contributed by atoms with E-state index in [1.807, 2.05) is 18.3 Å². The molecular weight excluding hydrogens is 370 g/mol. The molecule has 1 unspecified atom stereocenters. The van der Waals surface area contributed by atoms with Gasteiger partial charge in [0.25, 0.3) is 0 Å². The number of carbonyl (C=O) groups excluding carboxylic acids is 1. The van der Waals surface area contributed by atoms with Gasteiger partial charge in [-0.3, -0.25) is 4.79 Å². The van der Waals surface area contributed by atoms with Crippen LogP contribution >= 0.6 is 31.9 Å². The lowest BCUT2D eigenvalue weighted by atomic mass is 9.96. The molecule has 1 aliphatic heterocycles. The van der Waals surface area contributed by atoms with Gasteiger partial charge in [-0.15, -0.1) is 0 Å². The maximum atomic E-state index is 12.7. The molecule has 0 spiro atoms. The van der Waals surface area contributed by atoms with E-state index in [4.69, 9.17) is 0 Å². The van der Waals surface area contributed by atoms with Gasteiger partial charge in [-0.05, 0) is 58.5 Å². The number of aryl methyl sites for hydroxylation is 1. The lowest BCUT2D eigenvalue weighted by Gasteiger charge is -2.21. The molecule has 0 saturated carbocycles. The summed E-state index contributed by atoms with van der Waals surface area (Å²) < 4.78 is 2.07. The molecule has 1 atom stereocenters. The molecule has 0 radical (unpaired) electrons. The average molecular weight is 383 g/mol. The molecule has 2 nitrogen and oxygen atoms in total. The number of benzene rings is 1. The molecule has 0 bridgehead atoms. The zero-order chi connectivity index (χ0) is 13.6. The Morgan fingerprint density at radius 3 is 2.84 bits per heavy atom. The van der Waals surface area contributed by atoms with Crippen LogP contribution in [0.15, 0.2) is 38.9 Å². The van der Waals surface area contributed by atoms with Crippen LogP contribution in [0.5, 0.6) is 0 Å². The molecule has 1 N–H and O–H groups in total. The van der Waals surface area contributed by atoms with E-state index in [2.05, 4.69) is 50.2 Å². The summed E-state index contributed by atoms with van der Waals surface area (Å²) in [6.07, 6.45) is 5.71. The fourth-order valence-electron chi connectivity index (χ4n) is 2.67. The third-order valence-corrected chi connectivity index (χ3v) is 5.27. The summed E-state index contributed by atoms with van der Waals surface area (Å²) in [6, 6.07) is 3.75. The van der Waals surface area contributed by atoms with E-state index in [1.165, 1.54) is 5.56 Å². The first-order valence-electron chi connectivity index (χ1n) is 6.22. The van der Waals surface area contributed by atoms with Crippen LogP contribution in [0, 0.1) is 6.92 Å². The Balaban J connectivity index is 2.11. The van der Waals surface area contributed by atoms with Crippen LogP contribution in [0.3, 0.4) is 0 Å². The maximum Gasteiger partial charge on any atom is 0.189 e. The minimum absolute atomic E-state index is 0.163. The van der Waals surface area contributed by atoms with Gasteiger partial charge in [-0.2, -0.15) is 0 Å². The number of allylic oxidation sites excluding steroid dienone is 2. The number of hydrogen-bond donors (Lipinski definition) is 1. The predicted octanol–water partition coefficient (Wildman–Crippen LogP) is 4.02. The largest absolute Gasteiger partial charge is 0.377 e. The number of rotatable bonds is 0. The van der Waals surface area contributed by atoms with E-state index < -0.39 is 0 Å². The summed E-state index contributed by atoms with van der Waals surface area (Å²) >= 11 is 7.08. The summed E-state index contributed by atoms with van der Waals surface area (Å²) in [5, 5.41) is 3.19. The first kappa shape index (κ1) is 13.1. The molecule has 2 aliphatic rings. The summed E-state index contributed by atoms with van der Waals surface area (Å²) in [6.45, 7) is 2.06. The molecule has 0 aromatic heterocycles. The SMILES string of the molecule is Cc1ccc2c(c1Br)CCC1=CC(Br)=CNC1C2=O. The molecule has 0 saturated heterocycles. The van der Waals surface area contributed by atoms with Crippen molar-refractivity contribution in [2.45, 2.75) is 25.8 Å². The first-order chi connectivity index (χ1) is 9.08. The lowest BCUT2D eigenvalue weighted by molar-refractivity contribution is 0.0964. The van der Waals surface area contributed by atoms with Crippen molar-refractivity contribution in [2.24, 2.45) is 0 Å². The van der Waals surface area contributed by atoms with Crippen molar-refractivity contribution in [2.75, 3.05) is 0 Å². The average Bonchev–Trinajstić information content (AvgIpc) is 2.52. The molecular formula is C15H13Br2NO. The van der Waals surface area contributed by atoms with Crippen molar-refractivity contribution in [3.63, 3.8) is 0 Å². The minimum Gasteiger partial charge on any atom is -0.377 e. The standard InChI is InChI=1S/C15H13Br2NO/c1-8-2-4-12-11(13(8)17)5-3-9-6-10(16)7-18-14(9)15(12)19/h2,4,6-7,14,18H,3,5H2,1H3. The molecule has 0 fully saturated rings. The number of fused-ring (bicyclic) bond motifs is 2. The van der Waals surface area contributed by atoms with Crippen molar-refractivity contribution in [3.8, 4) is 0 Å². The summed E-state index contributed by atoms with van der Waals surface area (Å²) in [4.78, 5) is 12.7. The number of carbonyl (C=O) groups is 1. The third kappa shape index (κ3) is 2.21. The Hall–Kier alpha value is -0.870. The minimum atomic E-state index is -0.211. The Labute approximate surface area is 129 Å². The molecule has 19 heavy (non-hydrogen) atoms. The number of dihydropyridines is 1. The Bertz CT molecular complexity index is 631. The fourth-order valence-corrected chi connectivity index (χ4v) is 3.64. The summed E-state index contributed by atoms with van der Waals surface area (Å²) in [5.41, 5.74) is 4.31. The second kappa shape index (κ2) is 4.91. The number of ketones is 1. The molecule has 1 heterocycles. The van der Waals surface area contributed by atoms with Gasteiger partial charge in [0.05, 0.1) is 0 Å². The second-order valence-electron chi connectivity index (χ2n) is 4.93. The van der Waals surface area contributed by atoms with Crippen LogP contribution in [-0.4, -0.2) is 11.8 Å². The van der Waals surface area contributed by atoms with Crippen LogP contribution in [0.1, 0.15) is 27.9 Å². The third-order valence-electron chi connectivity index (χ3n) is 3.71. The molecule has 0 amide bonds. The van der Waals surface area contributed by atoms with E-state index in [-0.39, 0.29) is 11.8 Å². The molecule has 4 heteroatoms. The van der Waals surface area contributed by atoms with Gasteiger partial charge < -0.3 is 5.32 Å². The van der Waals surface area contributed by atoms with E-state index in [9.17, 15) is 4.79 Å². The first-order valence-corrected chi connectivity index (χ1v) is 7.81. The van der Waals surface area contributed by atoms with Crippen LogP contribution in [0.25, 0.3) is 0 Å². The van der Waals surface area contributed by atoms with E-state index in [0.29, 0.717) is 0 Å². The highest BCUT2D eigenvalue weighted by Crippen LogP contribution is 2.33. The summed E-state index contributed by atoms with van der Waals surface area (Å²) in [7, 11) is 0. The molecule has 1 aliphatic carbocycles. The predicted molar refractivity (Wildman–Crippen MR) is 83.5 cm³/mol. The zero-order valence-corrected chi connectivity index (χ0v) is 13.6. The Kier molecular flexibility index (Phi) is 3.39. The number of Topliss-reactive ketones (excluding diaryl/α,β-unsaturated/α-hetero) is 1. The Morgan fingerprint density at radius 1 is 1.26 bits per heavy atom. The van der Waals surface area contributed by atoms with Crippen molar-refractivity contribution in [1.29, 1.82) is 0 Å².